The van der Waals surface area contributed by atoms with Gasteiger partial charge in [0.15, 0.2) is 5.82 Å². The fourth-order valence-electron chi connectivity index (χ4n) is 4.57. The maximum absolute atomic E-state index is 12.3. The second-order valence-electron chi connectivity index (χ2n) is 11.2. The van der Waals surface area contributed by atoms with Crippen LogP contribution in [0.2, 0.25) is 25.7 Å². The first-order valence-corrected chi connectivity index (χ1v) is 17.7. The van der Waals surface area contributed by atoms with E-state index in [9.17, 15) is 10.1 Å². The Balaban J connectivity index is 1.73. The van der Waals surface area contributed by atoms with Crippen molar-refractivity contribution in [1.29, 1.82) is 5.26 Å². The number of nitrogens with two attached hydrogens (primary N) is 1. The van der Waals surface area contributed by atoms with Crippen LogP contribution in [0.25, 0.3) is 11.0 Å². The number of rotatable bonds is 16. The van der Waals surface area contributed by atoms with Gasteiger partial charge in [-0.2, -0.15) is 20.3 Å². The number of aromatic nitrogens is 3. The lowest BCUT2D eigenvalue weighted by molar-refractivity contribution is -0.172. The van der Waals surface area contributed by atoms with Crippen molar-refractivity contribution in [2.75, 3.05) is 52.2 Å². The van der Waals surface area contributed by atoms with Crippen LogP contribution in [0.4, 0.5) is 5.82 Å². The summed E-state index contributed by atoms with van der Waals surface area (Å²) < 4.78 is 13.6. The summed E-state index contributed by atoms with van der Waals surface area (Å²) in [4.78, 5) is 28.5. The van der Waals surface area contributed by atoms with Crippen LogP contribution in [0.1, 0.15) is 50.3 Å². The Morgan fingerprint density at radius 3 is 2.56 bits per heavy atom. The summed E-state index contributed by atoms with van der Waals surface area (Å²) in [5.41, 5.74) is 9.04. The van der Waals surface area contributed by atoms with E-state index in [2.05, 4.69) is 37.6 Å². The first-order chi connectivity index (χ1) is 18.7. The van der Waals surface area contributed by atoms with E-state index in [0.717, 1.165) is 56.8 Å². The standard InChI is InChI=1S/C27H45N7O4Si/c1-6-7-15-38-27-30-24-21(11-9-8-10-12-32-13-14-33(36-2)19-23(32)35)22(18-28)34(25(24)26(29)31-27)20-37-16-17-39(3,4)5/h6-17,19-20H2,1-5H3,(H2,29,30,31). The largest absolute Gasteiger partial charge is 0.463 e. The van der Waals surface area contributed by atoms with E-state index in [1.165, 1.54) is 0 Å². The van der Waals surface area contributed by atoms with Gasteiger partial charge >= 0.3 is 6.01 Å². The van der Waals surface area contributed by atoms with Crippen molar-refractivity contribution in [2.45, 2.75) is 77.9 Å². The number of aryl methyl sites for hydroxylation is 1. The molecule has 0 spiro atoms. The monoisotopic (exact) mass is 559 g/mol. The molecule has 2 aromatic rings. The lowest BCUT2D eigenvalue weighted by Crippen LogP contribution is -2.49. The molecule has 3 rings (SSSR count). The Hall–Kier alpha value is -2.72. The Bertz CT molecular complexity index is 1140. The summed E-state index contributed by atoms with van der Waals surface area (Å²) in [7, 11) is 0.344. The quantitative estimate of drug-likeness (QED) is 0.241. The van der Waals surface area contributed by atoms with Gasteiger partial charge in [-0.1, -0.05) is 39.4 Å². The van der Waals surface area contributed by atoms with Crippen LogP contribution in [0.5, 0.6) is 6.01 Å². The molecule has 39 heavy (non-hydrogen) atoms. The van der Waals surface area contributed by atoms with E-state index < -0.39 is 8.07 Å². The Morgan fingerprint density at radius 1 is 1.10 bits per heavy atom. The van der Waals surface area contributed by atoms with Gasteiger partial charge in [-0.15, -0.1) is 0 Å². The third-order valence-corrected chi connectivity index (χ3v) is 8.65. The molecule has 0 aliphatic carbocycles. The highest BCUT2D eigenvalue weighted by Gasteiger charge is 2.25. The minimum atomic E-state index is -1.25. The number of nitrogens with zero attached hydrogens (tertiary/aromatic N) is 6. The van der Waals surface area contributed by atoms with E-state index in [0.29, 0.717) is 49.5 Å². The Kier molecular flexibility index (Phi) is 11.5. The van der Waals surface area contributed by atoms with Crippen LogP contribution in [0.15, 0.2) is 0 Å². The molecule has 1 aliphatic rings. The number of amides is 1. The smallest absolute Gasteiger partial charge is 0.319 e. The van der Waals surface area contributed by atoms with Gasteiger partial charge in [0, 0.05) is 39.9 Å². The molecule has 0 atom stereocenters. The minimum absolute atomic E-state index is 0.0924. The summed E-state index contributed by atoms with van der Waals surface area (Å²) in [6.07, 6.45) is 5.22. The second-order valence-corrected chi connectivity index (χ2v) is 16.9. The summed E-state index contributed by atoms with van der Waals surface area (Å²) in [5, 5.41) is 11.8. The zero-order valence-corrected chi connectivity index (χ0v) is 25.3. The predicted molar refractivity (Wildman–Crippen MR) is 154 cm³/mol. The van der Waals surface area contributed by atoms with Crippen LogP contribution < -0.4 is 10.5 Å². The van der Waals surface area contributed by atoms with Crippen LogP contribution in [-0.2, 0) is 27.5 Å². The van der Waals surface area contributed by atoms with Gasteiger partial charge in [-0.25, -0.2) is 0 Å². The summed E-state index contributed by atoms with van der Waals surface area (Å²) >= 11 is 0. The minimum Gasteiger partial charge on any atom is -0.463 e. The van der Waals surface area contributed by atoms with Crippen molar-refractivity contribution in [3.05, 3.63) is 11.3 Å². The lowest BCUT2D eigenvalue weighted by Gasteiger charge is -2.32. The molecule has 11 nitrogen and oxygen atoms in total. The van der Waals surface area contributed by atoms with Gasteiger partial charge in [0.05, 0.1) is 13.7 Å². The number of carbonyl (C=O) groups excluding carboxylic acids is 1. The number of ether oxygens (including phenoxy) is 2. The molecular weight excluding hydrogens is 514 g/mol. The molecule has 12 heteroatoms. The molecular formula is C27H45N7O4Si. The zero-order valence-electron chi connectivity index (χ0n) is 24.3. The van der Waals surface area contributed by atoms with Crippen molar-refractivity contribution >= 4 is 30.8 Å². The highest BCUT2D eigenvalue weighted by molar-refractivity contribution is 6.76. The average Bonchev–Trinajstić information content (AvgIpc) is 3.19. The van der Waals surface area contributed by atoms with E-state index in [-0.39, 0.29) is 24.5 Å². The van der Waals surface area contributed by atoms with Gasteiger partial charge in [0.25, 0.3) is 0 Å². The fourth-order valence-corrected chi connectivity index (χ4v) is 5.33. The number of piperazine rings is 1. The summed E-state index contributed by atoms with van der Waals surface area (Å²) in [6.45, 7) is 12.8. The van der Waals surface area contributed by atoms with Crippen LogP contribution in [0, 0.1) is 11.3 Å². The number of carbonyl (C=O) groups is 1. The number of anilines is 1. The number of unbranched alkanes of at least 4 members (excludes halogenated alkanes) is 3. The first kappa shape index (κ1) is 30.8. The van der Waals surface area contributed by atoms with Crippen LogP contribution in [-0.4, -0.2) is 85.0 Å². The third kappa shape index (κ3) is 8.63. The molecule has 0 saturated carbocycles. The number of hydrogen-bond acceptors (Lipinski definition) is 9. The molecule has 2 aromatic heterocycles. The van der Waals surface area contributed by atoms with Crippen molar-refractivity contribution < 1.29 is 19.1 Å². The molecule has 0 aromatic carbocycles. The van der Waals surface area contributed by atoms with Crippen molar-refractivity contribution in [2.24, 2.45) is 0 Å². The molecule has 1 saturated heterocycles. The highest BCUT2D eigenvalue weighted by Crippen LogP contribution is 2.31. The predicted octanol–water partition coefficient (Wildman–Crippen LogP) is 3.79. The molecule has 2 N–H and O–H groups in total. The molecule has 1 fully saturated rings. The topological polar surface area (TPSA) is 132 Å². The first-order valence-electron chi connectivity index (χ1n) is 14.0. The molecule has 0 radical (unpaired) electrons. The van der Waals surface area contributed by atoms with Gasteiger partial charge in [-0.05, 0) is 31.7 Å². The Morgan fingerprint density at radius 2 is 1.90 bits per heavy atom. The third-order valence-electron chi connectivity index (χ3n) is 6.95. The van der Waals surface area contributed by atoms with Crippen molar-refractivity contribution in [3.63, 3.8) is 0 Å². The van der Waals surface area contributed by atoms with Gasteiger partial charge in [0.2, 0.25) is 5.91 Å². The van der Waals surface area contributed by atoms with Crippen LogP contribution >= 0.6 is 0 Å². The Labute approximate surface area is 233 Å². The van der Waals surface area contributed by atoms with E-state index in [4.69, 9.17) is 25.0 Å². The summed E-state index contributed by atoms with van der Waals surface area (Å²) in [5.74, 6) is 0.381. The molecule has 0 unspecified atom stereocenters. The van der Waals surface area contributed by atoms with Gasteiger partial charge in [0.1, 0.15) is 36.1 Å². The number of hydrogen-bond donors (Lipinski definition) is 1. The maximum Gasteiger partial charge on any atom is 0.319 e. The maximum atomic E-state index is 12.3. The lowest BCUT2D eigenvalue weighted by atomic mass is 10.1. The van der Waals surface area contributed by atoms with E-state index in [1.54, 1.807) is 12.2 Å². The fraction of sp³-hybridized carbons (Fsp3) is 0.704. The van der Waals surface area contributed by atoms with Gasteiger partial charge in [-0.3, -0.25) is 4.79 Å². The second kappa shape index (κ2) is 14.6. The molecule has 1 amide bonds. The summed E-state index contributed by atoms with van der Waals surface area (Å²) in [6, 6.07) is 3.65. The number of nitriles is 1. The number of hydroxylamine groups is 2. The van der Waals surface area contributed by atoms with Crippen molar-refractivity contribution in [1.82, 2.24) is 24.5 Å². The number of fused-ring (bicyclic) bond motifs is 1. The van der Waals surface area contributed by atoms with E-state index in [1.807, 2.05) is 9.47 Å². The average molecular weight is 560 g/mol. The molecule has 1 aliphatic heterocycles. The van der Waals surface area contributed by atoms with Gasteiger partial charge < -0.3 is 29.5 Å². The van der Waals surface area contributed by atoms with Crippen LogP contribution in [0.3, 0.4) is 0 Å². The molecule has 0 bridgehead atoms. The molecule has 3 heterocycles. The molecule has 216 valence electrons. The highest BCUT2D eigenvalue weighted by atomic mass is 28.3. The normalized spacial score (nSPS) is 14.8. The van der Waals surface area contributed by atoms with E-state index >= 15 is 0 Å². The number of nitrogen functional groups attached to an aromatic ring is 1. The zero-order chi connectivity index (χ0) is 28.4. The SMILES string of the molecule is CCCCOc1nc(N)c2c(n1)c(CCCCCN1CCN(OC)CC1=O)c(C#N)n2COCC[Si](C)(C)C. The van der Waals surface area contributed by atoms with Crippen molar-refractivity contribution in [3.8, 4) is 12.1 Å².